The van der Waals surface area contributed by atoms with Gasteiger partial charge in [0.1, 0.15) is 0 Å². The Morgan fingerprint density at radius 2 is 2.32 bits per heavy atom. The molecular weight excluding hydrogens is 260 g/mol. The Hall–Kier alpha value is -0.940. The third-order valence-electron chi connectivity index (χ3n) is 3.66. The number of carbonyl (C=O) groups is 1. The van der Waals surface area contributed by atoms with Crippen LogP contribution in [0.2, 0.25) is 0 Å². The molecule has 4 nitrogen and oxygen atoms in total. The summed E-state index contributed by atoms with van der Waals surface area (Å²) < 4.78 is 4.94. The van der Waals surface area contributed by atoms with Gasteiger partial charge in [-0.2, -0.15) is 0 Å². The smallest absolute Gasteiger partial charge is 0.367 e. The Labute approximate surface area is 118 Å². The Morgan fingerprint density at radius 1 is 1.53 bits per heavy atom. The highest BCUT2D eigenvalue weighted by Crippen LogP contribution is 2.24. The molecule has 1 heterocycles. The maximum atomic E-state index is 11.5. The lowest BCUT2D eigenvalue weighted by molar-refractivity contribution is 0.0525. The highest BCUT2D eigenvalue weighted by atomic mass is 32.1. The zero-order valence-electron chi connectivity index (χ0n) is 11.6. The van der Waals surface area contributed by atoms with Gasteiger partial charge in [-0.05, 0) is 25.7 Å². The van der Waals surface area contributed by atoms with Crippen LogP contribution in [0.1, 0.15) is 55.0 Å². The summed E-state index contributed by atoms with van der Waals surface area (Å²) in [5.41, 5.74) is 0.936. The van der Waals surface area contributed by atoms with Crippen molar-refractivity contribution in [2.24, 2.45) is 5.92 Å². The molecule has 0 aliphatic heterocycles. The van der Waals surface area contributed by atoms with Gasteiger partial charge in [-0.15, -0.1) is 11.3 Å². The standard InChI is InChI=1S/C14H22N2O2S/c1-3-18-14(17)13-16-11(9-19-13)8-15-12-7-5-4-6-10(12)2/h9-10,12,15H,3-8H2,1-2H3/t10-,12+/m1/s1. The van der Waals surface area contributed by atoms with Gasteiger partial charge in [0.05, 0.1) is 12.3 Å². The third kappa shape index (κ3) is 4.01. The maximum Gasteiger partial charge on any atom is 0.367 e. The van der Waals surface area contributed by atoms with Crippen molar-refractivity contribution in [1.29, 1.82) is 0 Å². The molecule has 5 heteroatoms. The van der Waals surface area contributed by atoms with Gasteiger partial charge in [-0.25, -0.2) is 9.78 Å². The van der Waals surface area contributed by atoms with Crippen molar-refractivity contribution in [1.82, 2.24) is 10.3 Å². The van der Waals surface area contributed by atoms with Crippen LogP contribution in [0.15, 0.2) is 5.38 Å². The first-order valence-corrected chi connectivity index (χ1v) is 7.93. The molecule has 0 saturated heterocycles. The minimum absolute atomic E-state index is 0.315. The minimum Gasteiger partial charge on any atom is -0.461 e. The minimum atomic E-state index is -0.315. The number of ether oxygens (including phenoxy) is 1. The van der Waals surface area contributed by atoms with Gasteiger partial charge in [-0.3, -0.25) is 0 Å². The van der Waals surface area contributed by atoms with Crippen LogP contribution in [-0.4, -0.2) is 23.6 Å². The number of carbonyl (C=O) groups excluding carboxylic acids is 1. The Balaban J connectivity index is 1.84. The monoisotopic (exact) mass is 282 g/mol. The second kappa shape index (κ2) is 7.01. The molecule has 1 aliphatic rings. The SMILES string of the molecule is CCOC(=O)c1nc(CN[C@H]2CCCC[C@H]2C)cs1. The number of hydrogen-bond acceptors (Lipinski definition) is 5. The summed E-state index contributed by atoms with van der Waals surface area (Å²) in [6.45, 7) is 5.25. The van der Waals surface area contributed by atoms with Gasteiger partial charge >= 0.3 is 5.97 Å². The number of nitrogens with zero attached hydrogens (tertiary/aromatic N) is 1. The zero-order valence-corrected chi connectivity index (χ0v) is 12.5. The Bertz CT molecular complexity index is 419. The van der Waals surface area contributed by atoms with Crippen LogP contribution in [0.5, 0.6) is 0 Å². The van der Waals surface area contributed by atoms with E-state index in [0.717, 1.165) is 18.2 Å². The Morgan fingerprint density at radius 3 is 3.05 bits per heavy atom. The van der Waals surface area contributed by atoms with Crippen molar-refractivity contribution in [3.8, 4) is 0 Å². The van der Waals surface area contributed by atoms with E-state index in [1.807, 2.05) is 5.38 Å². The predicted molar refractivity (Wildman–Crippen MR) is 76.3 cm³/mol. The maximum absolute atomic E-state index is 11.5. The van der Waals surface area contributed by atoms with E-state index >= 15 is 0 Å². The molecule has 1 N–H and O–H groups in total. The lowest BCUT2D eigenvalue weighted by atomic mass is 9.86. The molecule has 1 saturated carbocycles. The van der Waals surface area contributed by atoms with Gasteiger partial charge in [0.15, 0.2) is 0 Å². The molecule has 1 aromatic heterocycles. The summed E-state index contributed by atoms with van der Waals surface area (Å²) >= 11 is 1.36. The van der Waals surface area contributed by atoms with Crippen molar-refractivity contribution >= 4 is 17.3 Å². The molecule has 2 rings (SSSR count). The third-order valence-corrected chi connectivity index (χ3v) is 4.53. The first kappa shape index (κ1) is 14.5. The van der Waals surface area contributed by atoms with Crippen molar-refractivity contribution in [2.75, 3.05) is 6.61 Å². The second-order valence-corrected chi connectivity index (χ2v) is 5.97. The number of hydrogen-bond donors (Lipinski definition) is 1. The van der Waals surface area contributed by atoms with Crippen molar-refractivity contribution in [3.05, 3.63) is 16.1 Å². The number of thiazole rings is 1. The normalized spacial score (nSPS) is 23.3. The second-order valence-electron chi connectivity index (χ2n) is 5.11. The fourth-order valence-electron chi connectivity index (χ4n) is 2.53. The predicted octanol–water partition coefficient (Wildman–Crippen LogP) is 2.99. The molecular formula is C14H22N2O2S. The highest BCUT2D eigenvalue weighted by molar-refractivity contribution is 7.11. The molecule has 19 heavy (non-hydrogen) atoms. The molecule has 0 bridgehead atoms. The summed E-state index contributed by atoms with van der Waals surface area (Å²) in [7, 11) is 0. The zero-order chi connectivity index (χ0) is 13.7. The molecule has 1 fully saturated rings. The summed E-state index contributed by atoms with van der Waals surface area (Å²) in [5, 5.41) is 5.96. The van der Waals surface area contributed by atoms with Crippen LogP contribution in [0.25, 0.3) is 0 Å². The first-order valence-electron chi connectivity index (χ1n) is 7.05. The molecule has 0 unspecified atom stereocenters. The van der Waals surface area contributed by atoms with Crippen LogP contribution < -0.4 is 5.32 Å². The van der Waals surface area contributed by atoms with E-state index in [2.05, 4.69) is 17.2 Å². The van der Waals surface area contributed by atoms with Gasteiger partial charge in [-0.1, -0.05) is 19.8 Å². The molecule has 106 valence electrons. The summed E-state index contributed by atoms with van der Waals surface area (Å²) in [5.74, 6) is 0.418. The molecule has 0 spiro atoms. The van der Waals surface area contributed by atoms with Crippen LogP contribution in [-0.2, 0) is 11.3 Å². The number of rotatable bonds is 5. The van der Waals surface area contributed by atoms with Gasteiger partial charge in [0.2, 0.25) is 5.01 Å². The van der Waals surface area contributed by atoms with Gasteiger partial charge in [0, 0.05) is 18.0 Å². The molecule has 0 amide bonds. The molecule has 1 aromatic rings. The lowest BCUT2D eigenvalue weighted by Gasteiger charge is -2.29. The van der Waals surface area contributed by atoms with E-state index in [4.69, 9.17) is 4.74 Å². The average molecular weight is 282 g/mol. The fraction of sp³-hybridized carbons (Fsp3) is 0.714. The Kier molecular flexibility index (Phi) is 5.34. The first-order chi connectivity index (χ1) is 9.20. The topological polar surface area (TPSA) is 51.2 Å². The number of nitrogens with one attached hydrogen (secondary N) is 1. The molecule has 0 radical (unpaired) electrons. The summed E-state index contributed by atoms with van der Waals surface area (Å²) in [4.78, 5) is 15.8. The number of aromatic nitrogens is 1. The summed E-state index contributed by atoms with van der Waals surface area (Å²) in [6.07, 6.45) is 5.22. The van der Waals surface area contributed by atoms with Gasteiger partial charge < -0.3 is 10.1 Å². The fourth-order valence-corrected chi connectivity index (χ4v) is 3.24. The van der Waals surface area contributed by atoms with E-state index < -0.39 is 0 Å². The average Bonchev–Trinajstić information content (AvgIpc) is 2.87. The van der Waals surface area contributed by atoms with Crippen LogP contribution in [0, 0.1) is 5.92 Å². The van der Waals surface area contributed by atoms with E-state index in [1.165, 1.54) is 37.0 Å². The van der Waals surface area contributed by atoms with E-state index in [9.17, 15) is 4.79 Å². The quantitative estimate of drug-likeness (QED) is 0.844. The van der Waals surface area contributed by atoms with Crippen LogP contribution in [0.3, 0.4) is 0 Å². The van der Waals surface area contributed by atoms with E-state index in [-0.39, 0.29) is 5.97 Å². The lowest BCUT2D eigenvalue weighted by Crippen LogP contribution is -2.36. The van der Waals surface area contributed by atoms with Crippen molar-refractivity contribution < 1.29 is 9.53 Å². The largest absolute Gasteiger partial charge is 0.461 e. The van der Waals surface area contributed by atoms with E-state index in [0.29, 0.717) is 17.7 Å². The van der Waals surface area contributed by atoms with Crippen molar-refractivity contribution in [2.45, 2.75) is 52.1 Å². The van der Waals surface area contributed by atoms with Crippen LogP contribution >= 0.6 is 11.3 Å². The molecule has 0 aromatic carbocycles. The highest BCUT2D eigenvalue weighted by Gasteiger charge is 2.21. The molecule has 2 atom stereocenters. The van der Waals surface area contributed by atoms with Crippen molar-refractivity contribution in [3.63, 3.8) is 0 Å². The van der Waals surface area contributed by atoms with E-state index in [1.54, 1.807) is 6.92 Å². The number of esters is 1. The molecule has 1 aliphatic carbocycles. The van der Waals surface area contributed by atoms with Gasteiger partial charge in [0.25, 0.3) is 0 Å². The van der Waals surface area contributed by atoms with Crippen LogP contribution in [0.4, 0.5) is 0 Å². The summed E-state index contributed by atoms with van der Waals surface area (Å²) in [6, 6.07) is 0.585.